The third-order valence-electron chi connectivity index (χ3n) is 3.50. The Kier molecular flexibility index (Phi) is 3.05. The molecule has 21 heavy (non-hydrogen) atoms. The van der Waals surface area contributed by atoms with Gasteiger partial charge in [0.25, 0.3) is 0 Å². The first kappa shape index (κ1) is 13.4. The van der Waals surface area contributed by atoms with Crippen molar-refractivity contribution < 1.29 is 23.8 Å². The van der Waals surface area contributed by atoms with Gasteiger partial charge in [0, 0.05) is 12.3 Å². The standard InChI is InChI=1S/C16H14O5/c1-8-14-13(16(18)20-8)6-10-4-5-11(19-3)7-12(10)15(14)21-9(2)17/h4-8H,1-3H3. The summed E-state index contributed by atoms with van der Waals surface area (Å²) in [4.78, 5) is 23.3. The maximum absolute atomic E-state index is 11.9. The van der Waals surface area contributed by atoms with Crippen molar-refractivity contribution in [2.45, 2.75) is 20.0 Å². The molecule has 0 amide bonds. The average molecular weight is 286 g/mol. The van der Waals surface area contributed by atoms with Crippen LogP contribution in [0.2, 0.25) is 0 Å². The molecule has 1 aliphatic heterocycles. The van der Waals surface area contributed by atoms with Gasteiger partial charge in [0.2, 0.25) is 0 Å². The van der Waals surface area contributed by atoms with Crippen LogP contribution in [0.5, 0.6) is 11.5 Å². The van der Waals surface area contributed by atoms with Crippen LogP contribution in [-0.2, 0) is 9.53 Å². The van der Waals surface area contributed by atoms with Crippen LogP contribution < -0.4 is 9.47 Å². The second kappa shape index (κ2) is 4.77. The molecular weight excluding hydrogens is 272 g/mol. The third kappa shape index (κ3) is 2.11. The Bertz CT molecular complexity index is 763. The fourth-order valence-electron chi connectivity index (χ4n) is 2.59. The van der Waals surface area contributed by atoms with Crippen molar-refractivity contribution in [3.05, 3.63) is 35.4 Å². The van der Waals surface area contributed by atoms with E-state index in [0.29, 0.717) is 28.0 Å². The van der Waals surface area contributed by atoms with Gasteiger partial charge in [-0.3, -0.25) is 4.79 Å². The fourth-order valence-corrected chi connectivity index (χ4v) is 2.59. The molecule has 2 aromatic rings. The normalized spacial score (nSPS) is 16.5. The fraction of sp³-hybridized carbons (Fsp3) is 0.250. The summed E-state index contributed by atoms with van der Waals surface area (Å²) in [6.45, 7) is 3.08. The molecule has 1 unspecified atom stereocenters. The number of carbonyl (C=O) groups excluding carboxylic acids is 2. The minimum absolute atomic E-state index is 0.368. The van der Waals surface area contributed by atoms with Crippen molar-refractivity contribution in [3.63, 3.8) is 0 Å². The molecule has 2 aromatic carbocycles. The van der Waals surface area contributed by atoms with Crippen LogP contribution in [0.4, 0.5) is 0 Å². The van der Waals surface area contributed by atoms with Crippen LogP contribution in [-0.4, -0.2) is 19.0 Å². The Morgan fingerprint density at radius 2 is 2.05 bits per heavy atom. The Labute approximate surface area is 121 Å². The number of fused-ring (bicyclic) bond motifs is 2. The first-order valence-corrected chi connectivity index (χ1v) is 6.55. The number of hydrogen-bond donors (Lipinski definition) is 0. The first-order valence-electron chi connectivity index (χ1n) is 6.55. The number of benzene rings is 2. The topological polar surface area (TPSA) is 61.8 Å². The second-order valence-electron chi connectivity index (χ2n) is 4.90. The van der Waals surface area contributed by atoms with Crippen LogP contribution in [0.3, 0.4) is 0 Å². The zero-order valence-electron chi connectivity index (χ0n) is 11.9. The predicted molar refractivity (Wildman–Crippen MR) is 75.6 cm³/mol. The van der Waals surface area contributed by atoms with E-state index in [1.165, 1.54) is 6.92 Å². The molecule has 0 aromatic heterocycles. The molecule has 0 bridgehead atoms. The van der Waals surface area contributed by atoms with Gasteiger partial charge in [-0.1, -0.05) is 6.07 Å². The summed E-state index contributed by atoms with van der Waals surface area (Å²) in [6.07, 6.45) is -0.447. The Morgan fingerprint density at radius 1 is 1.29 bits per heavy atom. The van der Waals surface area contributed by atoms with Gasteiger partial charge < -0.3 is 14.2 Å². The number of esters is 2. The van der Waals surface area contributed by atoms with E-state index in [0.717, 1.165) is 5.39 Å². The molecule has 108 valence electrons. The maximum Gasteiger partial charge on any atom is 0.339 e. The molecule has 0 saturated heterocycles. The number of hydrogen-bond acceptors (Lipinski definition) is 5. The number of ether oxygens (including phenoxy) is 3. The summed E-state index contributed by atoms with van der Waals surface area (Å²) >= 11 is 0. The molecule has 5 heteroatoms. The Balaban J connectivity index is 2.36. The predicted octanol–water partition coefficient (Wildman–Crippen LogP) is 3.01. The molecule has 1 aliphatic rings. The van der Waals surface area contributed by atoms with E-state index in [1.807, 2.05) is 6.07 Å². The van der Waals surface area contributed by atoms with Crippen molar-refractivity contribution in [1.29, 1.82) is 0 Å². The lowest BCUT2D eigenvalue weighted by Crippen LogP contribution is -2.06. The average Bonchev–Trinajstić information content (AvgIpc) is 2.72. The van der Waals surface area contributed by atoms with E-state index in [-0.39, 0.29) is 0 Å². The van der Waals surface area contributed by atoms with E-state index >= 15 is 0 Å². The molecular formula is C16H14O5. The Morgan fingerprint density at radius 3 is 2.71 bits per heavy atom. The van der Waals surface area contributed by atoms with E-state index in [4.69, 9.17) is 14.2 Å². The van der Waals surface area contributed by atoms with Gasteiger partial charge in [0.1, 0.15) is 17.6 Å². The molecule has 0 spiro atoms. The van der Waals surface area contributed by atoms with Crippen LogP contribution in [0.1, 0.15) is 35.9 Å². The summed E-state index contributed by atoms with van der Waals surface area (Å²) in [6, 6.07) is 7.14. The number of rotatable bonds is 2. The third-order valence-corrected chi connectivity index (χ3v) is 3.50. The van der Waals surface area contributed by atoms with Crippen LogP contribution in [0.25, 0.3) is 10.8 Å². The lowest BCUT2D eigenvalue weighted by atomic mass is 9.98. The highest BCUT2D eigenvalue weighted by molar-refractivity contribution is 6.03. The van der Waals surface area contributed by atoms with Crippen molar-refractivity contribution in [2.24, 2.45) is 0 Å². The van der Waals surface area contributed by atoms with Gasteiger partial charge in [-0.15, -0.1) is 0 Å². The molecule has 0 N–H and O–H groups in total. The van der Waals surface area contributed by atoms with Crippen LogP contribution >= 0.6 is 0 Å². The summed E-state index contributed by atoms with van der Waals surface area (Å²) in [7, 11) is 1.56. The van der Waals surface area contributed by atoms with Crippen molar-refractivity contribution in [2.75, 3.05) is 7.11 Å². The monoisotopic (exact) mass is 286 g/mol. The minimum Gasteiger partial charge on any atom is -0.497 e. The van der Waals surface area contributed by atoms with Gasteiger partial charge in [0.15, 0.2) is 0 Å². The van der Waals surface area contributed by atoms with Crippen molar-refractivity contribution in [3.8, 4) is 11.5 Å². The molecule has 0 fully saturated rings. The highest BCUT2D eigenvalue weighted by Crippen LogP contribution is 2.43. The van der Waals surface area contributed by atoms with Crippen molar-refractivity contribution >= 4 is 22.7 Å². The van der Waals surface area contributed by atoms with Crippen LogP contribution in [0.15, 0.2) is 24.3 Å². The molecule has 0 aliphatic carbocycles. The van der Waals surface area contributed by atoms with Gasteiger partial charge in [-0.25, -0.2) is 4.79 Å². The van der Waals surface area contributed by atoms with Gasteiger partial charge in [0.05, 0.1) is 18.2 Å². The highest BCUT2D eigenvalue weighted by atomic mass is 16.6. The molecule has 0 radical (unpaired) electrons. The summed E-state index contributed by atoms with van der Waals surface area (Å²) in [5, 5.41) is 1.50. The summed E-state index contributed by atoms with van der Waals surface area (Å²) in [5.41, 5.74) is 1.05. The number of methoxy groups -OCH3 is 1. The summed E-state index contributed by atoms with van der Waals surface area (Å²) in [5.74, 6) is 0.170. The van der Waals surface area contributed by atoms with E-state index < -0.39 is 18.0 Å². The smallest absolute Gasteiger partial charge is 0.339 e. The lowest BCUT2D eigenvalue weighted by molar-refractivity contribution is -0.131. The number of carbonyl (C=O) groups is 2. The molecule has 1 atom stereocenters. The lowest BCUT2D eigenvalue weighted by Gasteiger charge is -2.13. The van der Waals surface area contributed by atoms with Gasteiger partial charge >= 0.3 is 11.9 Å². The summed E-state index contributed by atoms with van der Waals surface area (Å²) < 4.78 is 15.8. The quantitative estimate of drug-likeness (QED) is 0.627. The highest BCUT2D eigenvalue weighted by Gasteiger charge is 2.33. The van der Waals surface area contributed by atoms with E-state index in [9.17, 15) is 9.59 Å². The zero-order valence-corrected chi connectivity index (χ0v) is 11.9. The second-order valence-corrected chi connectivity index (χ2v) is 4.90. The van der Waals surface area contributed by atoms with Gasteiger partial charge in [-0.05, 0) is 30.5 Å². The van der Waals surface area contributed by atoms with Crippen molar-refractivity contribution in [1.82, 2.24) is 0 Å². The maximum atomic E-state index is 11.9. The molecule has 3 rings (SSSR count). The molecule has 0 saturated carbocycles. The SMILES string of the molecule is COc1ccc2cc3c(c(OC(C)=O)c2c1)C(C)OC3=O. The molecule has 1 heterocycles. The zero-order chi connectivity index (χ0) is 15.1. The van der Waals surface area contributed by atoms with Gasteiger partial charge in [-0.2, -0.15) is 0 Å². The largest absolute Gasteiger partial charge is 0.497 e. The van der Waals surface area contributed by atoms with E-state index in [2.05, 4.69) is 0 Å². The Hall–Kier alpha value is -2.56. The van der Waals surface area contributed by atoms with E-state index in [1.54, 1.807) is 32.2 Å². The molecule has 5 nitrogen and oxygen atoms in total. The van der Waals surface area contributed by atoms with Crippen LogP contribution in [0, 0.1) is 0 Å². The first-order chi connectivity index (χ1) is 10.0. The number of cyclic esters (lactones) is 1. The minimum atomic E-state index is -0.447.